The molecular weight excluding hydrogens is 228 g/mol. The Hall–Kier alpha value is -0.610. The van der Waals surface area contributed by atoms with E-state index in [1.54, 1.807) is 7.11 Å². The highest BCUT2D eigenvalue weighted by Gasteiger charge is 2.23. The number of hydrogen-bond donors (Lipinski definition) is 1. The molecule has 0 bridgehead atoms. The molecule has 18 heavy (non-hydrogen) atoms. The minimum Gasteiger partial charge on any atom is -0.384 e. The van der Waals surface area contributed by atoms with E-state index >= 15 is 0 Å². The van der Waals surface area contributed by atoms with E-state index in [1.165, 1.54) is 0 Å². The second-order valence-corrected chi connectivity index (χ2v) is 5.72. The number of likely N-dealkylation sites (tertiary alicyclic amines) is 1. The van der Waals surface area contributed by atoms with Gasteiger partial charge >= 0.3 is 0 Å². The average molecular weight is 256 g/mol. The number of carbonyl (C=O) groups is 1. The monoisotopic (exact) mass is 256 g/mol. The lowest BCUT2D eigenvalue weighted by molar-refractivity contribution is -0.135. The molecule has 106 valence electrons. The first-order chi connectivity index (χ1) is 8.54. The molecule has 1 saturated heterocycles. The smallest absolute Gasteiger partial charge is 0.225 e. The molecule has 0 radical (unpaired) electrons. The minimum absolute atomic E-state index is 0.122. The zero-order valence-electron chi connectivity index (χ0n) is 12.2. The van der Waals surface area contributed by atoms with Gasteiger partial charge in [-0.3, -0.25) is 4.79 Å². The summed E-state index contributed by atoms with van der Waals surface area (Å²) in [4.78, 5) is 13.8. The highest BCUT2D eigenvalue weighted by molar-refractivity contribution is 5.78. The summed E-state index contributed by atoms with van der Waals surface area (Å²) in [6, 6.07) is 0.556. The average Bonchev–Trinajstić information content (AvgIpc) is 2.36. The van der Waals surface area contributed by atoms with Crippen LogP contribution in [0.25, 0.3) is 0 Å². The summed E-state index contributed by atoms with van der Waals surface area (Å²) in [5.41, 5.74) is 0. The van der Waals surface area contributed by atoms with Crippen molar-refractivity contribution in [2.24, 2.45) is 11.8 Å². The Labute approximate surface area is 111 Å². The van der Waals surface area contributed by atoms with Crippen LogP contribution in [0.4, 0.5) is 0 Å². The van der Waals surface area contributed by atoms with E-state index in [0.717, 1.165) is 39.1 Å². The number of carbonyl (C=O) groups excluding carboxylic acids is 1. The van der Waals surface area contributed by atoms with Crippen molar-refractivity contribution in [2.45, 2.75) is 39.7 Å². The number of hydrogen-bond acceptors (Lipinski definition) is 3. The number of piperidine rings is 1. The molecule has 4 heteroatoms. The van der Waals surface area contributed by atoms with Gasteiger partial charge in [-0.2, -0.15) is 0 Å². The summed E-state index contributed by atoms with van der Waals surface area (Å²) in [7, 11) is 1.74. The van der Waals surface area contributed by atoms with Gasteiger partial charge in [-0.05, 0) is 18.8 Å². The van der Waals surface area contributed by atoms with Crippen LogP contribution in [0.2, 0.25) is 0 Å². The molecule has 1 unspecified atom stereocenters. The Kier molecular flexibility index (Phi) is 6.65. The number of methoxy groups -OCH3 is 1. The van der Waals surface area contributed by atoms with Crippen LogP contribution in [0.1, 0.15) is 33.6 Å². The second-order valence-electron chi connectivity index (χ2n) is 5.72. The van der Waals surface area contributed by atoms with Gasteiger partial charge in [-0.25, -0.2) is 0 Å². The molecule has 0 spiro atoms. The molecule has 0 aromatic carbocycles. The number of nitrogens with zero attached hydrogens (tertiary/aromatic N) is 1. The summed E-state index contributed by atoms with van der Waals surface area (Å²) in [6.45, 7) is 9.72. The predicted octanol–water partition coefficient (Wildman–Crippen LogP) is 1.51. The van der Waals surface area contributed by atoms with Gasteiger partial charge in [0.15, 0.2) is 0 Å². The van der Waals surface area contributed by atoms with Crippen LogP contribution >= 0.6 is 0 Å². The van der Waals surface area contributed by atoms with E-state index in [1.807, 2.05) is 18.7 Å². The van der Waals surface area contributed by atoms with Crippen LogP contribution in [-0.4, -0.2) is 50.2 Å². The molecular formula is C14H28N2O2. The molecule has 0 aromatic heterocycles. The Morgan fingerprint density at radius 1 is 1.33 bits per heavy atom. The summed E-state index contributed by atoms with van der Waals surface area (Å²) in [5.74, 6) is 0.961. The third-order valence-corrected chi connectivity index (χ3v) is 3.51. The molecule has 1 N–H and O–H groups in total. The molecule has 1 rings (SSSR count). The lowest BCUT2D eigenvalue weighted by Crippen LogP contribution is -2.47. The first kappa shape index (κ1) is 15.4. The minimum atomic E-state index is 0.122. The van der Waals surface area contributed by atoms with Gasteiger partial charge in [-0.1, -0.05) is 20.8 Å². The van der Waals surface area contributed by atoms with E-state index in [2.05, 4.69) is 12.2 Å². The topological polar surface area (TPSA) is 41.6 Å². The van der Waals surface area contributed by atoms with Crippen molar-refractivity contribution in [1.82, 2.24) is 10.2 Å². The van der Waals surface area contributed by atoms with Crippen molar-refractivity contribution in [1.29, 1.82) is 0 Å². The molecule has 1 atom stereocenters. The normalized spacial score (nSPS) is 19.3. The molecule has 1 fully saturated rings. The molecule has 1 aliphatic heterocycles. The van der Waals surface area contributed by atoms with Gasteiger partial charge in [0.2, 0.25) is 5.91 Å². The third kappa shape index (κ3) is 4.94. The zero-order chi connectivity index (χ0) is 13.5. The maximum atomic E-state index is 11.8. The van der Waals surface area contributed by atoms with Crippen LogP contribution in [-0.2, 0) is 9.53 Å². The molecule has 1 aliphatic rings. The van der Waals surface area contributed by atoms with Crippen molar-refractivity contribution in [2.75, 3.05) is 33.4 Å². The van der Waals surface area contributed by atoms with Crippen molar-refractivity contribution in [3.8, 4) is 0 Å². The van der Waals surface area contributed by atoms with Gasteiger partial charge in [0, 0.05) is 45.3 Å². The van der Waals surface area contributed by atoms with Crippen LogP contribution in [0.5, 0.6) is 0 Å². The van der Waals surface area contributed by atoms with Gasteiger partial charge in [-0.15, -0.1) is 0 Å². The number of nitrogens with one attached hydrogen (secondary N) is 1. The van der Waals surface area contributed by atoms with Gasteiger partial charge in [0.1, 0.15) is 0 Å². The van der Waals surface area contributed by atoms with Crippen LogP contribution in [0.3, 0.4) is 0 Å². The first-order valence-electron chi connectivity index (χ1n) is 7.05. The Balaban J connectivity index is 2.21. The standard InChI is InChI=1S/C14H28N2O2/c1-11(2)14(17)16-7-5-13(6-8-16)15-9-12(3)10-18-4/h11-13,15H,5-10H2,1-4H3. The van der Waals surface area contributed by atoms with Gasteiger partial charge in [0.05, 0.1) is 0 Å². The second kappa shape index (κ2) is 7.74. The quantitative estimate of drug-likeness (QED) is 0.783. The van der Waals surface area contributed by atoms with Gasteiger partial charge in [0.25, 0.3) is 0 Å². The van der Waals surface area contributed by atoms with Gasteiger partial charge < -0.3 is 15.0 Å². The molecule has 1 heterocycles. The van der Waals surface area contributed by atoms with E-state index in [4.69, 9.17) is 4.74 Å². The third-order valence-electron chi connectivity index (χ3n) is 3.51. The molecule has 0 aromatic rings. The lowest BCUT2D eigenvalue weighted by Gasteiger charge is -2.34. The molecule has 0 saturated carbocycles. The SMILES string of the molecule is COCC(C)CNC1CCN(C(=O)C(C)C)CC1. The molecule has 0 aliphatic carbocycles. The molecule has 4 nitrogen and oxygen atoms in total. The lowest BCUT2D eigenvalue weighted by atomic mass is 10.0. The van der Waals surface area contributed by atoms with Crippen LogP contribution in [0.15, 0.2) is 0 Å². The van der Waals surface area contributed by atoms with Crippen molar-refractivity contribution < 1.29 is 9.53 Å². The van der Waals surface area contributed by atoms with Crippen LogP contribution < -0.4 is 5.32 Å². The number of amides is 1. The van der Waals surface area contributed by atoms with E-state index in [9.17, 15) is 4.79 Å². The maximum absolute atomic E-state index is 11.8. The highest BCUT2D eigenvalue weighted by atomic mass is 16.5. The fourth-order valence-corrected chi connectivity index (χ4v) is 2.38. The van der Waals surface area contributed by atoms with Crippen molar-refractivity contribution in [3.63, 3.8) is 0 Å². The Morgan fingerprint density at radius 2 is 1.94 bits per heavy atom. The van der Waals surface area contributed by atoms with E-state index in [-0.39, 0.29) is 5.92 Å². The fourth-order valence-electron chi connectivity index (χ4n) is 2.38. The Bertz CT molecular complexity index is 248. The number of rotatable bonds is 6. The Morgan fingerprint density at radius 3 is 2.44 bits per heavy atom. The van der Waals surface area contributed by atoms with Crippen LogP contribution in [0, 0.1) is 11.8 Å². The first-order valence-corrected chi connectivity index (χ1v) is 7.05. The maximum Gasteiger partial charge on any atom is 0.225 e. The summed E-state index contributed by atoms with van der Waals surface area (Å²) >= 11 is 0. The summed E-state index contributed by atoms with van der Waals surface area (Å²) in [5, 5.41) is 3.58. The largest absolute Gasteiger partial charge is 0.384 e. The zero-order valence-corrected chi connectivity index (χ0v) is 12.2. The van der Waals surface area contributed by atoms with E-state index in [0.29, 0.717) is 17.9 Å². The van der Waals surface area contributed by atoms with E-state index < -0.39 is 0 Å². The fraction of sp³-hybridized carbons (Fsp3) is 0.929. The van der Waals surface area contributed by atoms with Crippen molar-refractivity contribution >= 4 is 5.91 Å². The molecule has 1 amide bonds. The summed E-state index contributed by atoms with van der Waals surface area (Å²) in [6.07, 6.45) is 2.14. The number of ether oxygens (including phenoxy) is 1. The van der Waals surface area contributed by atoms with Crippen molar-refractivity contribution in [3.05, 3.63) is 0 Å². The predicted molar refractivity (Wildman–Crippen MR) is 73.5 cm³/mol. The highest BCUT2D eigenvalue weighted by Crippen LogP contribution is 2.13. The summed E-state index contributed by atoms with van der Waals surface area (Å²) < 4.78 is 5.13.